The predicted octanol–water partition coefficient (Wildman–Crippen LogP) is 5.92. The van der Waals surface area contributed by atoms with Crippen molar-refractivity contribution in [3.63, 3.8) is 0 Å². The van der Waals surface area contributed by atoms with Crippen LogP contribution in [0.15, 0.2) is 87.0 Å². The Balaban J connectivity index is 1.29. The molecule has 3 aromatic rings. The van der Waals surface area contributed by atoms with Crippen LogP contribution in [0.2, 0.25) is 0 Å². The highest BCUT2D eigenvalue weighted by molar-refractivity contribution is 8.06. The topological polar surface area (TPSA) is 93.0 Å². The van der Waals surface area contributed by atoms with Crippen molar-refractivity contribution in [3.8, 4) is 17.2 Å². The fourth-order valence-corrected chi connectivity index (χ4v) is 6.51. The highest BCUT2D eigenvalue weighted by Gasteiger charge is 2.40. The van der Waals surface area contributed by atoms with Crippen LogP contribution in [0.4, 0.5) is 24.5 Å². The van der Waals surface area contributed by atoms with E-state index in [1.165, 1.54) is 17.7 Å². The minimum Gasteiger partial charge on any atom is -0.453 e. The number of nitrogens with zero attached hydrogens (tertiary/aromatic N) is 3. The van der Waals surface area contributed by atoms with Gasteiger partial charge in [-0.15, -0.1) is 13.2 Å². The molecule has 3 aliphatic rings. The van der Waals surface area contributed by atoms with Gasteiger partial charge in [-0.25, -0.2) is 8.57 Å². The van der Waals surface area contributed by atoms with Crippen molar-refractivity contribution in [1.29, 1.82) is 0 Å². The number of anilines is 2. The number of hydrogen-bond donors (Lipinski definition) is 1. The van der Waals surface area contributed by atoms with E-state index in [9.17, 15) is 22.5 Å². The summed E-state index contributed by atoms with van der Waals surface area (Å²) >= 11 is 0. The van der Waals surface area contributed by atoms with E-state index in [0.717, 1.165) is 36.3 Å². The van der Waals surface area contributed by atoms with Gasteiger partial charge >= 0.3 is 6.36 Å². The van der Waals surface area contributed by atoms with E-state index in [1.807, 2.05) is 53.4 Å². The molecular formula is C29H28F3N3O5S. The van der Waals surface area contributed by atoms with Gasteiger partial charge in [0.05, 0.1) is 47.6 Å². The van der Waals surface area contributed by atoms with E-state index in [-0.39, 0.29) is 18.1 Å². The van der Waals surface area contributed by atoms with Crippen molar-refractivity contribution in [3.05, 3.63) is 72.8 Å². The molecule has 1 unspecified atom stereocenters. The van der Waals surface area contributed by atoms with E-state index >= 15 is 0 Å². The van der Waals surface area contributed by atoms with Gasteiger partial charge in [-0.1, -0.05) is 24.3 Å². The number of benzene rings is 3. The number of fused-ring (bicyclic) bond motifs is 2. The monoisotopic (exact) mass is 587 g/mol. The van der Waals surface area contributed by atoms with Gasteiger partial charge < -0.3 is 24.2 Å². The third kappa shape index (κ3) is 6.04. The number of alkyl halides is 3. The van der Waals surface area contributed by atoms with Gasteiger partial charge in [-0.2, -0.15) is 0 Å². The molecule has 0 amide bonds. The van der Waals surface area contributed by atoms with Crippen molar-refractivity contribution in [1.82, 2.24) is 0 Å². The van der Waals surface area contributed by atoms with Gasteiger partial charge in [0, 0.05) is 0 Å². The maximum atomic E-state index is 14.0. The smallest absolute Gasteiger partial charge is 0.453 e. The van der Waals surface area contributed by atoms with Crippen LogP contribution >= 0.6 is 0 Å². The summed E-state index contributed by atoms with van der Waals surface area (Å²) in [6, 6.07) is 18.5. The third-order valence-electron chi connectivity index (χ3n) is 7.18. The maximum Gasteiger partial charge on any atom is 0.573 e. The van der Waals surface area contributed by atoms with Crippen LogP contribution in [-0.4, -0.2) is 59.2 Å². The normalized spacial score (nSPS) is 23.7. The summed E-state index contributed by atoms with van der Waals surface area (Å²) in [6.45, 7) is 0.662. The molecule has 1 aliphatic carbocycles. The SMILES string of the molecule is O=S(/C=N\[C@@H]1COC[C@H](N2c3ccccc3Oc3ccccc32)[C@H]1O)(=NCC1CC1)c1ccc(OC(F)(F)F)cc1. The fraction of sp³-hybridized carbons (Fsp3) is 0.345. The molecule has 0 spiro atoms. The van der Waals surface area contributed by atoms with Crippen LogP contribution in [0.3, 0.4) is 0 Å². The molecule has 2 fully saturated rings. The number of hydrogen-bond acceptors (Lipinski definition) is 8. The molecular weight excluding hydrogens is 559 g/mol. The van der Waals surface area contributed by atoms with E-state index in [2.05, 4.69) is 14.1 Å². The predicted molar refractivity (Wildman–Crippen MR) is 148 cm³/mol. The summed E-state index contributed by atoms with van der Waals surface area (Å²) in [4.78, 5) is 6.70. The quantitative estimate of drug-likeness (QED) is 0.273. The van der Waals surface area contributed by atoms with Crippen molar-refractivity contribution in [2.24, 2.45) is 15.3 Å². The lowest BCUT2D eigenvalue weighted by Gasteiger charge is -2.43. The Bertz CT molecular complexity index is 1510. The Hall–Kier alpha value is -3.61. The highest BCUT2D eigenvalue weighted by atomic mass is 32.2. The van der Waals surface area contributed by atoms with Crippen LogP contribution < -0.4 is 14.4 Å². The van der Waals surface area contributed by atoms with Gasteiger partial charge in [0.2, 0.25) is 0 Å². The Morgan fingerprint density at radius 3 is 2.22 bits per heavy atom. The van der Waals surface area contributed by atoms with Crippen molar-refractivity contribution >= 4 is 26.7 Å². The Morgan fingerprint density at radius 1 is 0.976 bits per heavy atom. The lowest BCUT2D eigenvalue weighted by atomic mass is 9.98. The Morgan fingerprint density at radius 2 is 1.61 bits per heavy atom. The fourth-order valence-electron chi connectivity index (χ4n) is 4.89. The molecule has 12 heteroatoms. The summed E-state index contributed by atoms with van der Waals surface area (Å²) in [5.41, 5.74) is 2.76. The Kier molecular flexibility index (Phi) is 7.39. The van der Waals surface area contributed by atoms with Crippen LogP contribution in [0.5, 0.6) is 17.2 Å². The van der Waals surface area contributed by atoms with Crippen LogP contribution in [0.25, 0.3) is 0 Å². The molecule has 41 heavy (non-hydrogen) atoms. The highest BCUT2D eigenvalue weighted by Crippen LogP contribution is 2.48. The minimum atomic E-state index is -4.84. The molecule has 1 N–H and O–H groups in total. The first-order chi connectivity index (χ1) is 19.7. The first kappa shape index (κ1) is 27.6. The van der Waals surface area contributed by atoms with E-state index in [4.69, 9.17) is 9.47 Å². The lowest BCUT2D eigenvalue weighted by molar-refractivity contribution is -0.274. The van der Waals surface area contributed by atoms with Crippen molar-refractivity contribution in [2.75, 3.05) is 24.7 Å². The van der Waals surface area contributed by atoms with Gasteiger partial charge in [-0.3, -0.25) is 4.99 Å². The summed E-state index contributed by atoms with van der Waals surface area (Å²) in [5.74, 6) is 1.19. The van der Waals surface area contributed by atoms with Gasteiger partial charge in [-0.05, 0) is 67.3 Å². The second-order valence-electron chi connectivity index (χ2n) is 10.2. The Labute approximate surface area is 235 Å². The molecule has 1 saturated heterocycles. The third-order valence-corrected chi connectivity index (χ3v) is 9.07. The molecule has 1 saturated carbocycles. The number of aliphatic hydroxyl groups excluding tert-OH is 1. The first-order valence-corrected chi connectivity index (χ1v) is 14.8. The van der Waals surface area contributed by atoms with E-state index in [0.29, 0.717) is 24.0 Å². The zero-order valence-corrected chi connectivity index (χ0v) is 22.6. The molecule has 0 radical (unpaired) electrons. The largest absolute Gasteiger partial charge is 0.573 e. The second kappa shape index (κ2) is 11.0. The number of aliphatic imine (C=N–C) groups is 1. The number of rotatable bonds is 7. The van der Waals surface area contributed by atoms with Gasteiger partial charge in [0.15, 0.2) is 11.5 Å². The molecule has 0 aromatic heterocycles. The van der Waals surface area contributed by atoms with Crippen LogP contribution in [-0.2, 0) is 14.5 Å². The minimum absolute atomic E-state index is 0.0955. The summed E-state index contributed by atoms with van der Waals surface area (Å²) in [7, 11) is -3.25. The average molecular weight is 588 g/mol. The first-order valence-electron chi connectivity index (χ1n) is 13.2. The number of para-hydroxylation sites is 4. The molecule has 2 heterocycles. The van der Waals surface area contributed by atoms with Crippen LogP contribution in [0, 0.1) is 5.92 Å². The standard InChI is InChI=1S/C29H28F3N3O5S/c30-29(31,32)40-20-11-13-21(14-12-20)41(37,34-15-19-9-10-19)18-33-22-16-38-17-25(28(22)36)35-23-5-1-3-7-26(23)39-27-8-4-2-6-24(27)35/h1-8,11-14,18-19,22,25,28,36H,9-10,15-17H2/b33-18-/t22-,25+,28+,41?/m1/s1. The van der Waals surface area contributed by atoms with Crippen molar-refractivity contribution in [2.45, 2.75) is 42.3 Å². The molecule has 2 aliphatic heterocycles. The van der Waals surface area contributed by atoms with E-state index < -0.39 is 40.0 Å². The number of ether oxygens (including phenoxy) is 3. The van der Waals surface area contributed by atoms with E-state index in [1.54, 1.807) is 0 Å². The van der Waals surface area contributed by atoms with Crippen molar-refractivity contribution < 1.29 is 36.7 Å². The summed E-state index contributed by atoms with van der Waals surface area (Å²) in [6.07, 6.45) is -3.88. The van der Waals surface area contributed by atoms with Crippen LogP contribution in [0.1, 0.15) is 12.8 Å². The molecule has 216 valence electrons. The zero-order valence-electron chi connectivity index (χ0n) is 21.8. The molecule has 0 bridgehead atoms. The van der Waals surface area contributed by atoms with Gasteiger partial charge in [0.1, 0.15) is 27.6 Å². The maximum absolute atomic E-state index is 14.0. The molecule has 3 aromatic carbocycles. The zero-order chi connectivity index (χ0) is 28.6. The van der Waals surface area contributed by atoms with Gasteiger partial charge in [0.25, 0.3) is 0 Å². The summed E-state index contributed by atoms with van der Waals surface area (Å²) in [5, 5.41) is 11.5. The molecule has 8 nitrogen and oxygen atoms in total. The lowest BCUT2D eigenvalue weighted by Crippen LogP contribution is -2.54. The number of halogens is 3. The molecule has 6 rings (SSSR count). The second-order valence-corrected chi connectivity index (χ2v) is 12.2. The molecule has 4 atom stereocenters. The average Bonchev–Trinajstić information content (AvgIpc) is 3.79. The summed E-state index contributed by atoms with van der Waals surface area (Å²) < 4.78 is 72.3. The number of aliphatic hydroxyl groups is 1.